The molecule has 1 aromatic rings. The number of rotatable bonds is 2. The zero-order chi connectivity index (χ0) is 12.6. The van der Waals surface area contributed by atoms with E-state index >= 15 is 0 Å². The van der Waals surface area contributed by atoms with Crippen LogP contribution < -0.4 is 11.4 Å². The number of aliphatic hydroxyl groups is 3. The summed E-state index contributed by atoms with van der Waals surface area (Å²) in [7, 11) is 0. The Bertz CT molecular complexity index is 466. The third kappa shape index (κ3) is 2.22. The third-order valence-corrected chi connectivity index (χ3v) is 5.92. The minimum atomic E-state index is -1.06. The summed E-state index contributed by atoms with van der Waals surface area (Å²) in [4.78, 5) is 14.3. The van der Waals surface area contributed by atoms with Crippen molar-refractivity contribution in [1.29, 1.82) is 0 Å². The van der Waals surface area contributed by atoms with Crippen molar-refractivity contribution in [2.24, 2.45) is 0 Å². The first-order valence-electron chi connectivity index (χ1n) is 5.01. The van der Waals surface area contributed by atoms with Gasteiger partial charge < -0.3 is 0 Å². The summed E-state index contributed by atoms with van der Waals surface area (Å²) in [5.41, 5.74) is 4.82. The first-order chi connectivity index (χ1) is 8.04. The van der Waals surface area contributed by atoms with Crippen LogP contribution in [0.5, 0.6) is 0 Å². The summed E-state index contributed by atoms with van der Waals surface area (Å²) in [5.74, 6) is 0.116. The number of nitrogen functional groups attached to an aromatic ring is 1. The van der Waals surface area contributed by atoms with E-state index < -0.39 is 22.8 Å². The minimum absolute atomic E-state index is 0.116. The molecule has 4 unspecified atom stereocenters. The van der Waals surface area contributed by atoms with Gasteiger partial charge in [0.15, 0.2) is 0 Å². The third-order valence-electron chi connectivity index (χ3n) is 2.64. The van der Waals surface area contributed by atoms with Crippen molar-refractivity contribution in [2.45, 2.75) is 22.0 Å². The van der Waals surface area contributed by atoms with Crippen LogP contribution in [0.15, 0.2) is 17.1 Å². The van der Waals surface area contributed by atoms with Crippen LogP contribution in [0.1, 0.15) is 4.94 Å². The fraction of sp³-hybridized carbons (Fsp3) is 0.556. The number of aliphatic hydroxyl groups excluding tert-OH is 3. The van der Waals surface area contributed by atoms with Crippen LogP contribution in [-0.4, -0.2) is 58.6 Å². The van der Waals surface area contributed by atoms with E-state index in [2.05, 4.69) is 4.98 Å². The van der Waals surface area contributed by atoms with Gasteiger partial charge in [-0.1, -0.05) is 0 Å². The molecule has 2 rings (SSSR count). The van der Waals surface area contributed by atoms with Crippen molar-refractivity contribution >= 4 is 20.8 Å². The molecule has 0 aliphatic carbocycles. The van der Waals surface area contributed by atoms with E-state index in [1.165, 1.54) is 16.8 Å². The number of nitrogens with two attached hydrogens (primary N) is 1. The van der Waals surface area contributed by atoms with Crippen LogP contribution in [0.2, 0.25) is 4.82 Å². The van der Waals surface area contributed by atoms with Gasteiger partial charge in [0.2, 0.25) is 0 Å². The van der Waals surface area contributed by atoms with Gasteiger partial charge in [-0.3, -0.25) is 0 Å². The van der Waals surface area contributed by atoms with Gasteiger partial charge in [-0.15, -0.1) is 0 Å². The standard InChI is InChI=1S/C9H13N3O4Se/c10-5-1-2-12(9(16)11-5)8-7(15)6(14)4(3-13)17-8/h1-2,4,6-8,13-15H,3H2,(H2,10,11,16). The van der Waals surface area contributed by atoms with E-state index in [0.29, 0.717) is 0 Å². The molecule has 1 aromatic heterocycles. The number of aromatic nitrogens is 2. The zero-order valence-electron chi connectivity index (χ0n) is 8.80. The molecule has 17 heavy (non-hydrogen) atoms. The van der Waals surface area contributed by atoms with Crippen LogP contribution >= 0.6 is 0 Å². The molecule has 1 saturated heterocycles. The van der Waals surface area contributed by atoms with Gasteiger partial charge in [-0.2, -0.15) is 0 Å². The molecule has 0 bridgehead atoms. The monoisotopic (exact) mass is 307 g/mol. The first-order valence-corrected chi connectivity index (χ1v) is 6.99. The van der Waals surface area contributed by atoms with Gasteiger partial charge in [0.25, 0.3) is 0 Å². The Kier molecular flexibility index (Phi) is 3.50. The molecule has 0 aromatic carbocycles. The average Bonchev–Trinajstić information content (AvgIpc) is 2.57. The van der Waals surface area contributed by atoms with E-state index in [9.17, 15) is 15.0 Å². The second kappa shape index (κ2) is 4.75. The molecule has 7 nitrogen and oxygen atoms in total. The normalized spacial score (nSPS) is 32.9. The second-order valence-corrected chi connectivity index (χ2v) is 6.63. The van der Waals surface area contributed by atoms with Crippen LogP contribution in [-0.2, 0) is 0 Å². The van der Waals surface area contributed by atoms with Crippen molar-refractivity contribution in [1.82, 2.24) is 9.55 Å². The van der Waals surface area contributed by atoms with Crippen LogP contribution in [0.25, 0.3) is 0 Å². The van der Waals surface area contributed by atoms with Crippen molar-refractivity contribution in [2.75, 3.05) is 12.3 Å². The van der Waals surface area contributed by atoms with Gasteiger partial charge in [0.1, 0.15) is 0 Å². The number of hydrogen-bond acceptors (Lipinski definition) is 6. The van der Waals surface area contributed by atoms with Gasteiger partial charge in [-0.25, -0.2) is 0 Å². The molecule has 5 N–H and O–H groups in total. The zero-order valence-corrected chi connectivity index (χ0v) is 10.5. The Labute approximate surface area is 103 Å². The molecule has 2 heterocycles. The molecule has 1 fully saturated rings. The van der Waals surface area contributed by atoms with Gasteiger partial charge >= 0.3 is 103 Å². The van der Waals surface area contributed by atoms with Crippen molar-refractivity contribution in [3.63, 3.8) is 0 Å². The number of hydrogen-bond donors (Lipinski definition) is 4. The molecule has 0 radical (unpaired) electrons. The molecule has 0 saturated carbocycles. The predicted molar refractivity (Wildman–Crippen MR) is 60.5 cm³/mol. The summed E-state index contributed by atoms with van der Waals surface area (Å²) in [6.07, 6.45) is -0.614. The van der Waals surface area contributed by atoms with Crippen molar-refractivity contribution in [3.8, 4) is 0 Å². The average molecular weight is 306 g/mol. The van der Waals surface area contributed by atoms with Crippen LogP contribution in [0, 0.1) is 0 Å². The second-order valence-electron chi connectivity index (χ2n) is 3.77. The maximum absolute atomic E-state index is 11.6. The molecule has 1 aliphatic heterocycles. The van der Waals surface area contributed by atoms with E-state index in [1.807, 2.05) is 0 Å². The maximum atomic E-state index is 11.6. The molecule has 1 aliphatic rings. The van der Waals surface area contributed by atoms with E-state index in [-0.39, 0.29) is 32.2 Å². The molecule has 8 heteroatoms. The Morgan fingerprint density at radius 3 is 2.71 bits per heavy atom. The Hall–Kier alpha value is -0.921. The predicted octanol–water partition coefficient (Wildman–Crippen LogP) is -2.46. The van der Waals surface area contributed by atoms with Crippen LogP contribution in [0.3, 0.4) is 0 Å². The van der Waals surface area contributed by atoms with E-state index in [0.717, 1.165) is 0 Å². The summed E-state index contributed by atoms with van der Waals surface area (Å²) in [6, 6.07) is 1.46. The molecule has 4 atom stereocenters. The first kappa shape index (κ1) is 12.5. The van der Waals surface area contributed by atoms with Gasteiger partial charge in [0, 0.05) is 0 Å². The topological polar surface area (TPSA) is 122 Å². The van der Waals surface area contributed by atoms with E-state index in [1.54, 1.807) is 0 Å². The fourth-order valence-corrected chi connectivity index (χ4v) is 4.62. The number of nitrogens with zero attached hydrogens (tertiary/aromatic N) is 2. The van der Waals surface area contributed by atoms with Crippen molar-refractivity contribution in [3.05, 3.63) is 22.7 Å². The van der Waals surface area contributed by atoms with Crippen LogP contribution in [0.4, 0.5) is 5.82 Å². The Morgan fingerprint density at radius 2 is 2.18 bits per heavy atom. The van der Waals surface area contributed by atoms with Gasteiger partial charge in [0.05, 0.1) is 0 Å². The van der Waals surface area contributed by atoms with Crippen molar-refractivity contribution < 1.29 is 15.3 Å². The molecule has 94 valence electrons. The van der Waals surface area contributed by atoms with E-state index in [4.69, 9.17) is 10.8 Å². The summed E-state index contributed by atoms with van der Waals surface area (Å²) in [5, 5.41) is 28.6. The fourth-order valence-electron chi connectivity index (χ4n) is 1.73. The molecule has 0 amide bonds. The van der Waals surface area contributed by atoms with Gasteiger partial charge in [-0.05, 0) is 0 Å². The SMILES string of the molecule is Nc1ccn(C2[Se]C(CO)C(O)C2O)c(=O)n1. The summed E-state index contributed by atoms with van der Waals surface area (Å²) < 4.78 is 1.26. The molecular weight excluding hydrogens is 293 g/mol. The molecular formula is C9H13N3O4Se. The summed E-state index contributed by atoms with van der Waals surface area (Å²) >= 11 is -0.283. The molecule has 0 spiro atoms. The Balaban J connectivity index is 2.32. The Morgan fingerprint density at radius 1 is 1.47 bits per heavy atom. The summed E-state index contributed by atoms with van der Waals surface area (Å²) in [6.45, 7) is -0.203. The quantitative estimate of drug-likeness (QED) is 0.450. The number of anilines is 1.